The monoisotopic (exact) mass is 468 g/mol. The van der Waals surface area contributed by atoms with Crippen LogP contribution >= 0.6 is 0 Å². The number of aliphatic carboxylic acids is 2. The normalized spacial score (nSPS) is 19.4. The first-order valence-electron chi connectivity index (χ1n) is 10.7. The van der Waals surface area contributed by atoms with Crippen molar-refractivity contribution in [1.82, 2.24) is 19.8 Å². The summed E-state index contributed by atoms with van der Waals surface area (Å²) in [4.78, 5) is 53.3. The lowest BCUT2D eigenvalue weighted by atomic mass is 10.1. The summed E-state index contributed by atoms with van der Waals surface area (Å²) in [5.41, 5.74) is 2.27. The summed E-state index contributed by atoms with van der Waals surface area (Å²) in [5, 5.41) is 15.6. The van der Waals surface area contributed by atoms with E-state index in [4.69, 9.17) is 10.2 Å². The van der Waals surface area contributed by atoms with Crippen molar-refractivity contribution >= 4 is 23.8 Å². The fourth-order valence-corrected chi connectivity index (χ4v) is 3.68. The highest BCUT2D eigenvalue weighted by atomic mass is 16.4. The van der Waals surface area contributed by atoms with Gasteiger partial charge in [0.05, 0.1) is 12.1 Å². The Hall–Kier alpha value is -4.08. The number of nitrogens with zero attached hydrogens (tertiary/aromatic N) is 4. The van der Waals surface area contributed by atoms with Crippen molar-refractivity contribution in [2.75, 3.05) is 14.1 Å². The van der Waals surface area contributed by atoms with Gasteiger partial charge in [-0.05, 0) is 36.1 Å². The number of pyridine rings is 2. The molecule has 4 rings (SSSR count). The molecule has 2 atom stereocenters. The molecule has 0 radical (unpaired) electrons. The van der Waals surface area contributed by atoms with Gasteiger partial charge in [-0.25, -0.2) is 9.59 Å². The third-order valence-electron chi connectivity index (χ3n) is 5.49. The first-order valence-corrected chi connectivity index (χ1v) is 10.7. The predicted octanol–water partition coefficient (Wildman–Crippen LogP) is 2.46. The zero-order chi connectivity index (χ0) is 25.1. The van der Waals surface area contributed by atoms with Gasteiger partial charge in [0.25, 0.3) is 0 Å². The topological polar surface area (TPSA) is 141 Å². The number of likely N-dealkylation sites (tertiary alicyclic amines) is 2. The molecule has 10 nitrogen and oxygen atoms in total. The fraction of sp³-hybridized carbons (Fsp3) is 0.333. The van der Waals surface area contributed by atoms with E-state index >= 15 is 0 Å². The lowest BCUT2D eigenvalue weighted by Crippen LogP contribution is -2.22. The standard InChI is InChI=1S/2C10H12N2O.C4H4O4/c2*1-12-9(4-5-10(12)13)8-3-2-6-11-7-8;5-3(6)1-2-4(7)8/h2*2-3,6-7,9H,4-5H2,1H3;1-2H,(H,5,6)(H,7,8)/b;;2-1+. The lowest BCUT2D eigenvalue weighted by Gasteiger charge is -2.19. The number of aromatic nitrogens is 2. The van der Waals surface area contributed by atoms with Gasteiger partial charge >= 0.3 is 11.9 Å². The number of rotatable bonds is 4. The minimum atomic E-state index is -1.26. The molecule has 10 heteroatoms. The van der Waals surface area contributed by atoms with Crippen LogP contribution in [0.15, 0.2) is 61.2 Å². The average Bonchev–Trinajstić information content (AvgIpc) is 3.35. The number of hydrogen-bond donors (Lipinski definition) is 2. The molecule has 2 aliphatic heterocycles. The van der Waals surface area contributed by atoms with Crippen molar-refractivity contribution < 1.29 is 29.4 Å². The average molecular weight is 469 g/mol. The SMILES string of the molecule is CN1C(=O)CCC1c1cccnc1.CN1C(=O)CCC1c1cccnc1.O=C(O)/C=C/C(=O)O. The summed E-state index contributed by atoms with van der Waals surface area (Å²) in [6, 6.07) is 8.33. The second kappa shape index (κ2) is 12.8. The fourth-order valence-electron chi connectivity index (χ4n) is 3.68. The van der Waals surface area contributed by atoms with Gasteiger partial charge in [-0.2, -0.15) is 0 Å². The minimum Gasteiger partial charge on any atom is -0.478 e. The molecule has 2 unspecified atom stereocenters. The first-order chi connectivity index (χ1) is 16.2. The molecule has 34 heavy (non-hydrogen) atoms. The summed E-state index contributed by atoms with van der Waals surface area (Å²) >= 11 is 0. The Morgan fingerprint density at radius 2 is 1.21 bits per heavy atom. The second-order valence-electron chi connectivity index (χ2n) is 7.70. The van der Waals surface area contributed by atoms with Crippen LogP contribution in [0.4, 0.5) is 0 Å². The van der Waals surface area contributed by atoms with Crippen LogP contribution in [0.3, 0.4) is 0 Å². The smallest absolute Gasteiger partial charge is 0.328 e. The van der Waals surface area contributed by atoms with E-state index in [1.54, 1.807) is 22.2 Å². The van der Waals surface area contributed by atoms with Crippen molar-refractivity contribution in [3.05, 3.63) is 72.3 Å². The van der Waals surface area contributed by atoms with Gasteiger partial charge in [0.2, 0.25) is 11.8 Å². The number of hydrogen-bond acceptors (Lipinski definition) is 6. The van der Waals surface area contributed by atoms with Gasteiger partial charge in [-0.3, -0.25) is 19.6 Å². The van der Waals surface area contributed by atoms with Crippen LogP contribution in [-0.2, 0) is 19.2 Å². The quantitative estimate of drug-likeness (QED) is 0.652. The molecule has 2 amide bonds. The van der Waals surface area contributed by atoms with Crippen LogP contribution in [-0.4, -0.2) is 67.8 Å². The number of carboxylic acid groups (broad SMARTS) is 2. The Bertz CT molecular complexity index is 931. The van der Waals surface area contributed by atoms with Crippen LogP contribution in [0.25, 0.3) is 0 Å². The third-order valence-corrected chi connectivity index (χ3v) is 5.49. The summed E-state index contributed by atoms with van der Waals surface area (Å²) < 4.78 is 0. The van der Waals surface area contributed by atoms with E-state index in [1.807, 2.05) is 50.8 Å². The maximum Gasteiger partial charge on any atom is 0.328 e. The van der Waals surface area contributed by atoms with E-state index in [-0.39, 0.29) is 23.9 Å². The zero-order valence-electron chi connectivity index (χ0n) is 19.1. The molecule has 0 saturated carbocycles. The maximum atomic E-state index is 11.3. The second-order valence-corrected chi connectivity index (χ2v) is 7.70. The van der Waals surface area contributed by atoms with Crippen LogP contribution in [0, 0.1) is 0 Å². The third kappa shape index (κ3) is 7.80. The van der Waals surface area contributed by atoms with Crippen molar-refractivity contribution in [2.24, 2.45) is 0 Å². The molecule has 2 aliphatic rings. The van der Waals surface area contributed by atoms with Gasteiger partial charge in [0, 0.05) is 63.9 Å². The number of carbonyl (C=O) groups excluding carboxylic acids is 2. The van der Waals surface area contributed by atoms with Crippen LogP contribution < -0.4 is 0 Å². The molecule has 0 aromatic carbocycles. The molecule has 2 saturated heterocycles. The van der Waals surface area contributed by atoms with Gasteiger partial charge in [0.1, 0.15) is 0 Å². The minimum absolute atomic E-state index is 0.230. The Morgan fingerprint density at radius 1 is 0.824 bits per heavy atom. The first kappa shape index (κ1) is 26.2. The van der Waals surface area contributed by atoms with Crippen molar-refractivity contribution in [2.45, 2.75) is 37.8 Å². The highest BCUT2D eigenvalue weighted by Crippen LogP contribution is 2.31. The Kier molecular flexibility index (Phi) is 9.88. The molecule has 4 heterocycles. The van der Waals surface area contributed by atoms with E-state index < -0.39 is 11.9 Å². The summed E-state index contributed by atoms with van der Waals surface area (Å²) in [6.07, 6.45) is 11.4. The molecule has 2 N–H and O–H groups in total. The predicted molar refractivity (Wildman–Crippen MR) is 122 cm³/mol. The molecular formula is C24H28N4O6. The Balaban J connectivity index is 0.000000187. The molecule has 0 spiro atoms. The lowest BCUT2D eigenvalue weighted by molar-refractivity contribution is -0.134. The number of carbonyl (C=O) groups is 4. The molecule has 180 valence electrons. The highest BCUT2D eigenvalue weighted by molar-refractivity contribution is 5.89. The van der Waals surface area contributed by atoms with Crippen molar-refractivity contribution in [3.8, 4) is 0 Å². The molecule has 0 bridgehead atoms. The van der Waals surface area contributed by atoms with Crippen LogP contribution in [0.1, 0.15) is 48.9 Å². The van der Waals surface area contributed by atoms with Gasteiger partial charge < -0.3 is 20.0 Å². The highest BCUT2D eigenvalue weighted by Gasteiger charge is 2.29. The summed E-state index contributed by atoms with van der Waals surface area (Å²) in [5.74, 6) is -2.05. The molecular weight excluding hydrogens is 440 g/mol. The summed E-state index contributed by atoms with van der Waals surface area (Å²) in [7, 11) is 3.71. The molecule has 2 aromatic heterocycles. The number of carboxylic acids is 2. The van der Waals surface area contributed by atoms with E-state index in [0.717, 1.165) is 24.0 Å². The molecule has 0 aliphatic carbocycles. The van der Waals surface area contributed by atoms with Crippen LogP contribution in [0.5, 0.6) is 0 Å². The zero-order valence-corrected chi connectivity index (χ0v) is 19.1. The van der Waals surface area contributed by atoms with Gasteiger partial charge in [0.15, 0.2) is 0 Å². The van der Waals surface area contributed by atoms with E-state index in [2.05, 4.69) is 9.97 Å². The number of amides is 2. The Labute approximate surface area is 197 Å². The molecule has 2 aromatic rings. The van der Waals surface area contributed by atoms with E-state index in [0.29, 0.717) is 25.0 Å². The van der Waals surface area contributed by atoms with E-state index in [9.17, 15) is 19.2 Å². The van der Waals surface area contributed by atoms with E-state index in [1.165, 1.54) is 0 Å². The van der Waals surface area contributed by atoms with Gasteiger partial charge in [-0.1, -0.05) is 12.1 Å². The van der Waals surface area contributed by atoms with Crippen LogP contribution in [0.2, 0.25) is 0 Å². The van der Waals surface area contributed by atoms with Crippen molar-refractivity contribution in [1.29, 1.82) is 0 Å². The molecule has 2 fully saturated rings. The Morgan fingerprint density at radius 3 is 1.44 bits per heavy atom. The summed E-state index contributed by atoms with van der Waals surface area (Å²) in [6.45, 7) is 0. The largest absolute Gasteiger partial charge is 0.478 e. The van der Waals surface area contributed by atoms with Crippen molar-refractivity contribution in [3.63, 3.8) is 0 Å². The van der Waals surface area contributed by atoms with Gasteiger partial charge in [-0.15, -0.1) is 0 Å². The maximum absolute atomic E-state index is 11.3.